The molecule has 1 aromatic rings. The number of nitrogens with one attached hydrogen (secondary N) is 1. The molecule has 0 spiro atoms. The standard InChI is InChI=1S/C15H23NO4/c1-18-13-6-8-14(9-7-13)19-11-12(17)10-16-20-15-4-2-3-5-15/h6-9,12,15-17H,2-5,10-11H2,1H3. The highest BCUT2D eigenvalue weighted by Crippen LogP contribution is 2.20. The van der Waals surface area contributed by atoms with E-state index in [1.807, 2.05) is 24.3 Å². The summed E-state index contributed by atoms with van der Waals surface area (Å²) in [5, 5.41) is 9.79. The fraction of sp³-hybridized carbons (Fsp3) is 0.600. The summed E-state index contributed by atoms with van der Waals surface area (Å²) in [6.07, 6.45) is 4.37. The normalized spacial score (nSPS) is 17.1. The van der Waals surface area contributed by atoms with Gasteiger partial charge in [-0.15, -0.1) is 0 Å². The zero-order chi connectivity index (χ0) is 14.2. The van der Waals surface area contributed by atoms with Gasteiger partial charge in [0.2, 0.25) is 0 Å². The highest BCUT2D eigenvalue weighted by atomic mass is 16.7. The van der Waals surface area contributed by atoms with E-state index in [9.17, 15) is 5.11 Å². The van der Waals surface area contributed by atoms with Crippen molar-refractivity contribution in [2.24, 2.45) is 0 Å². The third-order valence-corrected chi connectivity index (χ3v) is 3.37. The first-order valence-corrected chi connectivity index (χ1v) is 7.11. The van der Waals surface area contributed by atoms with Gasteiger partial charge in [0.15, 0.2) is 0 Å². The molecule has 0 aliphatic heterocycles. The summed E-state index contributed by atoms with van der Waals surface area (Å²) < 4.78 is 10.6. The van der Waals surface area contributed by atoms with Crippen molar-refractivity contribution in [1.82, 2.24) is 5.48 Å². The molecule has 2 rings (SSSR count). The second-order valence-corrected chi connectivity index (χ2v) is 5.01. The largest absolute Gasteiger partial charge is 0.497 e. The second-order valence-electron chi connectivity index (χ2n) is 5.01. The van der Waals surface area contributed by atoms with Gasteiger partial charge >= 0.3 is 0 Å². The number of hydrogen-bond donors (Lipinski definition) is 2. The molecule has 1 fully saturated rings. The van der Waals surface area contributed by atoms with E-state index in [0.717, 1.165) is 18.6 Å². The maximum absolute atomic E-state index is 9.79. The van der Waals surface area contributed by atoms with Crippen molar-refractivity contribution in [2.45, 2.75) is 37.9 Å². The van der Waals surface area contributed by atoms with Crippen LogP contribution in [0.25, 0.3) is 0 Å². The number of ether oxygens (including phenoxy) is 2. The molecule has 20 heavy (non-hydrogen) atoms. The molecular formula is C15H23NO4. The molecule has 0 saturated heterocycles. The number of methoxy groups -OCH3 is 1. The Morgan fingerprint density at radius 2 is 1.85 bits per heavy atom. The molecule has 112 valence electrons. The average molecular weight is 281 g/mol. The molecule has 1 unspecified atom stereocenters. The molecule has 0 bridgehead atoms. The van der Waals surface area contributed by atoms with Crippen molar-refractivity contribution >= 4 is 0 Å². The molecule has 1 aromatic carbocycles. The van der Waals surface area contributed by atoms with Gasteiger partial charge in [-0.25, -0.2) is 0 Å². The van der Waals surface area contributed by atoms with Crippen molar-refractivity contribution in [3.8, 4) is 11.5 Å². The fourth-order valence-electron chi connectivity index (χ4n) is 2.19. The minimum Gasteiger partial charge on any atom is -0.497 e. The summed E-state index contributed by atoms with van der Waals surface area (Å²) >= 11 is 0. The van der Waals surface area contributed by atoms with Crippen LogP contribution in [0, 0.1) is 0 Å². The van der Waals surface area contributed by atoms with Crippen LogP contribution in [0.2, 0.25) is 0 Å². The summed E-state index contributed by atoms with van der Waals surface area (Å²) in [6.45, 7) is 0.597. The van der Waals surface area contributed by atoms with Crippen molar-refractivity contribution in [3.05, 3.63) is 24.3 Å². The van der Waals surface area contributed by atoms with E-state index < -0.39 is 6.10 Å². The van der Waals surface area contributed by atoms with Gasteiger partial charge < -0.3 is 14.6 Å². The first-order valence-electron chi connectivity index (χ1n) is 7.11. The monoisotopic (exact) mass is 281 g/mol. The number of hydrogen-bond acceptors (Lipinski definition) is 5. The molecule has 1 aliphatic carbocycles. The van der Waals surface area contributed by atoms with Gasteiger partial charge in [-0.2, -0.15) is 5.48 Å². The maximum atomic E-state index is 9.79. The van der Waals surface area contributed by atoms with Gasteiger partial charge in [0, 0.05) is 0 Å². The van der Waals surface area contributed by atoms with E-state index in [2.05, 4.69) is 5.48 Å². The molecule has 5 heteroatoms. The topological polar surface area (TPSA) is 60.0 Å². The lowest BCUT2D eigenvalue weighted by Crippen LogP contribution is -2.33. The van der Waals surface area contributed by atoms with Crippen LogP contribution in [0.5, 0.6) is 11.5 Å². The molecule has 1 saturated carbocycles. The van der Waals surface area contributed by atoms with Crippen molar-refractivity contribution in [2.75, 3.05) is 20.3 Å². The van der Waals surface area contributed by atoms with Gasteiger partial charge in [-0.3, -0.25) is 4.84 Å². The predicted molar refractivity (Wildman–Crippen MR) is 75.8 cm³/mol. The average Bonchev–Trinajstić information content (AvgIpc) is 2.99. The molecular weight excluding hydrogens is 258 g/mol. The first-order chi connectivity index (χ1) is 9.78. The van der Waals surface area contributed by atoms with Gasteiger partial charge in [-0.05, 0) is 37.1 Å². The summed E-state index contributed by atoms with van der Waals surface area (Å²) in [5.41, 5.74) is 2.83. The van der Waals surface area contributed by atoms with Crippen molar-refractivity contribution in [1.29, 1.82) is 0 Å². The summed E-state index contributed by atoms with van der Waals surface area (Å²) in [5.74, 6) is 1.49. The Balaban J connectivity index is 1.59. The molecule has 0 radical (unpaired) electrons. The van der Waals surface area contributed by atoms with E-state index in [1.165, 1.54) is 12.8 Å². The number of aliphatic hydroxyl groups is 1. The Bertz CT molecular complexity index is 376. The smallest absolute Gasteiger partial charge is 0.119 e. The molecule has 0 amide bonds. The Morgan fingerprint density at radius 1 is 1.20 bits per heavy atom. The number of hydroxylamine groups is 1. The molecule has 1 atom stereocenters. The highest BCUT2D eigenvalue weighted by molar-refractivity contribution is 5.31. The molecule has 2 N–H and O–H groups in total. The van der Waals surface area contributed by atoms with Crippen LogP contribution in [0.4, 0.5) is 0 Å². The predicted octanol–water partition coefficient (Wildman–Crippen LogP) is 1.90. The lowest BCUT2D eigenvalue weighted by Gasteiger charge is -2.15. The number of aliphatic hydroxyl groups excluding tert-OH is 1. The molecule has 5 nitrogen and oxygen atoms in total. The zero-order valence-corrected chi connectivity index (χ0v) is 11.9. The quantitative estimate of drug-likeness (QED) is 0.713. The molecule has 1 aliphatic rings. The number of benzene rings is 1. The maximum Gasteiger partial charge on any atom is 0.119 e. The van der Waals surface area contributed by atoms with Crippen LogP contribution in [0.1, 0.15) is 25.7 Å². The van der Waals surface area contributed by atoms with Gasteiger partial charge in [0.1, 0.15) is 24.2 Å². The van der Waals surface area contributed by atoms with E-state index in [1.54, 1.807) is 7.11 Å². The van der Waals surface area contributed by atoms with Crippen LogP contribution >= 0.6 is 0 Å². The first kappa shape index (κ1) is 15.1. The minimum atomic E-state index is -0.599. The Morgan fingerprint density at radius 3 is 2.50 bits per heavy atom. The Hall–Kier alpha value is -1.30. The Labute approximate surface area is 119 Å². The van der Waals surface area contributed by atoms with E-state index >= 15 is 0 Å². The van der Waals surface area contributed by atoms with Gasteiger partial charge in [-0.1, -0.05) is 12.8 Å². The van der Waals surface area contributed by atoms with Crippen LogP contribution < -0.4 is 15.0 Å². The van der Waals surface area contributed by atoms with Crippen LogP contribution in [0.15, 0.2) is 24.3 Å². The summed E-state index contributed by atoms with van der Waals surface area (Å²) in [4.78, 5) is 5.47. The van der Waals surface area contributed by atoms with Crippen LogP contribution in [0.3, 0.4) is 0 Å². The van der Waals surface area contributed by atoms with Gasteiger partial charge in [0.25, 0.3) is 0 Å². The van der Waals surface area contributed by atoms with E-state index in [-0.39, 0.29) is 6.61 Å². The lowest BCUT2D eigenvalue weighted by molar-refractivity contribution is -0.0417. The molecule has 0 heterocycles. The van der Waals surface area contributed by atoms with Crippen LogP contribution in [-0.2, 0) is 4.84 Å². The summed E-state index contributed by atoms with van der Waals surface area (Å²) in [7, 11) is 1.62. The van der Waals surface area contributed by atoms with Crippen molar-refractivity contribution in [3.63, 3.8) is 0 Å². The van der Waals surface area contributed by atoms with E-state index in [4.69, 9.17) is 14.3 Å². The SMILES string of the molecule is COc1ccc(OCC(O)CNOC2CCCC2)cc1. The molecule has 0 aromatic heterocycles. The minimum absolute atomic E-state index is 0.230. The second kappa shape index (κ2) is 8.09. The lowest BCUT2D eigenvalue weighted by atomic mass is 10.3. The van der Waals surface area contributed by atoms with Gasteiger partial charge in [0.05, 0.1) is 19.8 Å². The third kappa shape index (κ3) is 5.00. The summed E-state index contributed by atoms with van der Waals surface area (Å²) in [6, 6.07) is 7.27. The number of rotatable bonds is 8. The fourth-order valence-corrected chi connectivity index (χ4v) is 2.19. The van der Waals surface area contributed by atoms with Crippen molar-refractivity contribution < 1.29 is 19.4 Å². The zero-order valence-electron chi connectivity index (χ0n) is 11.9. The van der Waals surface area contributed by atoms with Crippen LogP contribution in [-0.4, -0.2) is 37.6 Å². The Kier molecular flexibility index (Phi) is 6.11. The highest BCUT2D eigenvalue weighted by Gasteiger charge is 2.16. The third-order valence-electron chi connectivity index (χ3n) is 3.37. The van der Waals surface area contributed by atoms with E-state index in [0.29, 0.717) is 18.4 Å².